The zero-order chi connectivity index (χ0) is 14.9. The van der Waals surface area contributed by atoms with E-state index in [1.165, 1.54) is 6.08 Å². The molecule has 1 aliphatic heterocycles. The Balaban J connectivity index is 2.39. The number of imide groups is 2. The monoisotopic (exact) mass is 292 g/mol. The fourth-order valence-electron chi connectivity index (χ4n) is 2.03. The maximum atomic E-state index is 12.4. The number of amides is 4. The first kappa shape index (κ1) is 14.3. The average molecular weight is 293 g/mol. The number of halogens is 1. The van der Waals surface area contributed by atoms with Gasteiger partial charge in [0.05, 0.1) is 6.04 Å². The van der Waals surface area contributed by atoms with Crippen LogP contribution in [0.25, 0.3) is 0 Å². The third-order valence-corrected chi connectivity index (χ3v) is 3.40. The van der Waals surface area contributed by atoms with Crippen molar-refractivity contribution in [2.24, 2.45) is 0 Å². The van der Waals surface area contributed by atoms with Gasteiger partial charge < -0.3 is 0 Å². The summed E-state index contributed by atoms with van der Waals surface area (Å²) in [5.41, 5.74) is 0.491. The highest BCUT2D eigenvalue weighted by Crippen LogP contribution is 2.25. The molecule has 1 aliphatic rings. The predicted octanol–water partition coefficient (Wildman–Crippen LogP) is 2.08. The van der Waals surface area contributed by atoms with Crippen molar-refractivity contribution in [1.29, 1.82) is 0 Å². The van der Waals surface area contributed by atoms with Crippen LogP contribution in [0.1, 0.15) is 18.4 Å². The molecule has 2 unspecified atom stereocenters. The van der Waals surface area contributed by atoms with E-state index in [9.17, 15) is 14.4 Å². The highest BCUT2D eigenvalue weighted by atomic mass is 35.5. The van der Waals surface area contributed by atoms with E-state index in [2.05, 4.69) is 11.9 Å². The van der Waals surface area contributed by atoms with Gasteiger partial charge >= 0.3 is 6.03 Å². The molecule has 1 N–H and O–H groups in total. The molecule has 0 saturated carbocycles. The van der Waals surface area contributed by atoms with Crippen LogP contribution in [0.3, 0.4) is 0 Å². The highest BCUT2D eigenvalue weighted by Gasteiger charge is 2.42. The molecule has 1 fully saturated rings. The molecule has 1 aromatic rings. The van der Waals surface area contributed by atoms with E-state index in [-0.39, 0.29) is 0 Å². The minimum Gasteiger partial charge on any atom is -0.277 e. The molecule has 0 radical (unpaired) electrons. The van der Waals surface area contributed by atoms with Gasteiger partial charge in [-0.05, 0) is 24.6 Å². The van der Waals surface area contributed by atoms with E-state index in [0.29, 0.717) is 10.6 Å². The number of nitrogens with zero attached hydrogens (tertiary/aromatic N) is 1. The summed E-state index contributed by atoms with van der Waals surface area (Å²) in [5.74, 6) is -2.24. The molecule has 4 amide bonds. The van der Waals surface area contributed by atoms with Crippen LogP contribution in [-0.4, -0.2) is 28.8 Å². The Kier molecular flexibility index (Phi) is 3.90. The van der Waals surface area contributed by atoms with Crippen LogP contribution in [0.2, 0.25) is 5.02 Å². The van der Waals surface area contributed by atoms with Crippen LogP contribution in [-0.2, 0) is 9.59 Å². The second-order valence-electron chi connectivity index (χ2n) is 4.46. The highest BCUT2D eigenvalue weighted by molar-refractivity contribution is 6.30. The summed E-state index contributed by atoms with van der Waals surface area (Å²) in [6, 6.07) is 5.15. The molecule has 0 spiro atoms. The maximum absolute atomic E-state index is 12.4. The lowest BCUT2D eigenvalue weighted by molar-refractivity contribution is -0.139. The van der Waals surface area contributed by atoms with Crippen molar-refractivity contribution >= 4 is 29.4 Å². The van der Waals surface area contributed by atoms with Gasteiger partial charge in [0, 0.05) is 5.02 Å². The van der Waals surface area contributed by atoms with Gasteiger partial charge in [-0.3, -0.25) is 19.8 Å². The molecule has 2 atom stereocenters. The minimum absolute atomic E-state index is 0.491. The molecule has 20 heavy (non-hydrogen) atoms. The van der Waals surface area contributed by atoms with E-state index in [4.69, 9.17) is 11.6 Å². The molecular weight excluding hydrogens is 280 g/mol. The lowest BCUT2D eigenvalue weighted by Crippen LogP contribution is -2.59. The Labute approximate surface area is 121 Å². The van der Waals surface area contributed by atoms with Gasteiger partial charge in [0.25, 0.3) is 0 Å². The number of carbonyl (C=O) groups excluding carboxylic acids is 3. The summed E-state index contributed by atoms with van der Waals surface area (Å²) >= 11 is 5.78. The first-order valence-electron chi connectivity index (χ1n) is 6.01. The summed E-state index contributed by atoms with van der Waals surface area (Å²) < 4.78 is 0. The Morgan fingerprint density at radius 1 is 1.30 bits per heavy atom. The summed E-state index contributed by atoms with van der Waals surface area (Å²) in [6.07, 6.45) is 1.46. The second kappa shape index (κ2) is 5.46. The smallest absolute Gasteiger partial charge is 0.277 e. The van der Waals surface area contributed by atoms with Crippen molar-refractivity contribution in [2.45, 2.75) is 18.9 Å². The van der Waals surface area contributed by atoms with E-state index in [1.54, 1.807) is 31.2 Å². The number of hydrogen-bond donors (Lipinski definition) is 1. The minimum atomic E-state index is -1.05. The zero-order valence-corrected chi connectivity index (χ0v) is 11.6. The molecule has 0 aliphatic carbocycles. The Bertz CT molecular complexity index is 583. The number of carbonyl (C=O) groups is 3. The molecule has 104 valence electrons. The van der Waals surface area contributed by atoms with Gasteiger partial charge in [-0.1, -0.05) is 29.8 Å². The Morgan fingerprint density at radius 2 is 1.90 bits per heavy atom. The predicted molar refractivity (Wildman–Crippen MR) is 74.2 cm³/mol. The van der Waals surface area contributed by atoms with Crippen molar-refractivity contribution in [2.75, 3.05) is 0 Å². The van der Waals surface area contributed by atoms with Gasteiger partial charge in [0.15, 0.2) is 0 Å². The Morgan fingerprint density at radius 3 is 2.45 bits per heavy atom. The summed E-state index contributed by atoms with van der Waals surface area (Å²) in [7, 11) is 0. The number of hydrogen-bond acceptors (Lipinski definition) is 3. The van der Waals surface area contributed by atoms with Gasteiger partial charge in [0.1, 0.15) is 5.92 Å². The third-order valence-electron chi connectivity index (χ3n) is 3.15. The van der Waals surface area contributed by atoms with Crippen molar-refractivity contribution in [3.63, 3.8) is 0 Å². The van der Waals surface area contributed by atoms with Crippen LogP contribution in [0.5, 0.6) is 0 Å². The summed E-state index contributed by atoms with van der Waals surface area (Å²) in [4.78, 5) is 37.1. The number of urea groups is 1. The van der Waals surface area contributed by atoms with Crippen LogP contribution < -0.4 is 5.32 Å². The topological polar surface area (TPSA) is 66.5 Å². The number of nitrogens with one attached hydrogen (secondary N) is 1. The summed E-state index contributed by atoms with van der Waals surface area (Å²) in [5, 5.41) is 2.69. The SMILES string of the molecule is C=CC(C)N1C(=O)NC(=O)C(c2ccc(Cl)cc2)C1=O. The van der Waals surface area contributed by atoms with Gasteiger partial charge in [0.2, 0.25) is 11.8 Å². The van der Waals surface area contributed by atoms with Gasteiger partial charge in [-0.2, -0.15) is 0 Å². The molecule has 5 nitrogen and oxygen atoms in total. The van der Waals surface area contributed by atoms with Crippen LogP contribution in [0.4, 0.5) is 4.79 Å². The largest absolute Gasteiger partial charge is 0.331 e. The quantitative estimate of drug-likeness (QED) is 0.685. The molecule has 2 rings (SSSR count). The third kappa shape index (κ3) is 2.44. The fraction of sp³-hybridized carbons (Fsp3) is 0.214. The number of rotatable bonds is 3. The number of barbiturate groups is 1. The Hall–Kier alpha value is -2.14. The standard InChI is InChI=1S/C14H13ClN2O3/c1-3-8(2)17-13(19)11(12(18)16-14(17)20)9-4-6-10(15)7-5-9/h3-8,11H,1H2,2H3,(H,16,18,20). The molecule has 1 heterocycles. The molecule has 1 saturated heterocycles. The molecule has 1 aromatic carbocycles. The second-order valence-corrected chi connectivity index (χ2v) is 4.90. The average Bonchev–Trinajstić information content (AvgIpc) is 2.40. The lowest BCUT2D eigenvalue weighted by Gasteiger charge is -2.33. The van der Waals surface area contributed by atoms with E-state index in [0.717, 1.165) is 4.90 Å². The van der Waals surface area contributed by atoms with E-state index in [1.807, 2.05) is 0 Å². The lowest BCUT2D eigenvalue weighted by atomic mass is 9.94. The normalized spacial score (nSPS) is 20.6. The van der Waals surface area contributed by atoms with Crippen LogP contribution >= 0.6 is 11.6 Å². The molecule has 0 bridgehead atoms. The van der Waals surface area contributed by atoms with E-state index < -0.39 is 29.8 Å². The van der Waals surface area contributed by atoms with Crippen molar-refractivity contribution in [3.05, 3.63) is 47.5 Å². The molecule has 6 heteroatoms. The van der Waals surface area contributed by atoms with Crippen molar-refractivity contribution in [1.82, 2.24) is 10.2 Å². The molecule has 0 aromatic heterocycles. The van der Waals surface area contributed by atoms with Gasteiger partial charge in [-0.25, -0.2) is 4.79 Å². The summed E-state index contributed by atoms with van der Waals surface area (Å²) in [6.45, 7) is 5.21. The van der Waals surface area contributed by atoms with E-state index >= 15 is 0 Å². The van der Waals surface area contributed by atoms with Crippen LogP contribution in [0, 0.1) is 0 Å². The van der Waals surface area contributed by atoms with Crippen LogP contribution in [0.15, 0.2) is 36.9 Å². The maximum Gasteiger partial charge on any atom is 0.331 e. The van der Waals surface area contributed by atoms with Gasteiger partial charge in [-0.15, -0.1) is 6.58 Å². The fourth-order valence-corrected chi connectivity index (χ4v) is 2.16. The van der Waals surface area contributed by atoms with Crippen molar-refractivity contribution < 1.29 is 14.4 Å². The van der Waals surface area contributed by atoms with Crippen molar-refractivity contribution in [3.8, 4) is 0 Å². The molecular formula is C14H13ClN2O3. The first-order chi connectivity index (χ1) is 9.45. The first-order valence-corrected chi connectivity index (χ1v) is 6.39. The zero-order valence-electron chi connectivity index (χ0n) is 10.8. The number of benzene rings is 1.